The van der Waals surface area contributed by atoms with Crippen molar-refractivity contribution in [2.75, 3.05) is 39.8 Å². The number of hydrogen-bond acceptors (Lipinski definition) is 6. The van der Waals surface area contributed by atoms with Crippen molar-refractivity contribution in [1.29, 1.82) is 0 Å². The van der Waals surface area contributed by atoms with Gasteiger partial charge in [-0.05, 0) is 87.5 Å². The summed E-state index contributed by atoms with van der Waals surface area (Å²) in [6.45, 7) is 8.50. The molecule has 3 aliphatic rings. The van der Waals surface area contributed by atoms with Crippen LogP contribution in [0.4, 0.5) is 0 Å². The molecule has 0 unspecified atom stereocenters. The minimum Gasteiger partial charge on any atom is -0.457 e. The number of piperidine rings is 1. The monoisotopic (exact) mass is 462 g/mol. The van der Waals surface area contributed by atoms with Crippen LogP contribution in [0.2, 0.25) is 0 Å². The second-order valence-electron chi connectivity index (χ2n) is 10.1. The molecule has 1 fully saturated rings. The molecule has 6 nitrogen and oxygen atoms in total. The molecule has 0 amide bonds. The van der Waals surface area contributed by atoms with Crippen LogP contribution in [0.3, 0.4) is 0 Å². The van der Waals surface area contributed by atoms with E-state index < -0.39 is 0 Å². The predicted molar refractivity (Wildman–Crippen MR) is 130 cm³/mol. The quantitative estimate of drug-likeness (QED) is 0.557. The lowest BCUT2D eigenvalue weighted by Gasteiger charge is -2.34. The highest BCUT2D eigenvalue weighted by Crippen LogP contribution is 2.27. The zero-order chi connectivity index (χ0) is 23.7. The van der Waals surface area contributed by atoms with E-state index in [1.165, 1.54) is 29.5 Å². The highest BCUT2D eigenvalue weighted by atomic mass is 16.5. The highest BCUT2D eigenvalue weighted by molar-refractivity contribution is 5.94. The fourth-order valence-electron chi connectivity index (χ4n) is 5.53. The van der Waals surface area contributed by atoms with Crippen LogP contribution in [-0.2, 0) is 35.5 Å². The van der Waals surface area contributed by atoms with Gasteiger partial charge in [-0.15, -0.1) is 0 Å². The summed E-state index contributed by atoms with van der Waals surface area (Å²) in [6, 6.07) is 10.1. The molecule has 0 bridgehead atoms. The van der Waals surface area contributed by atoms with Crippen molar-refractivity contribution in [1.82, 2.24) is 9.80 Å². The normalized spacial score (nSPS) is 18.2. The number of fused-ring (bicyclic) bond motifs is 2. The number of cyclic esters (lactones) is 2. The van der Waals surface area contributed by atoms with Crippen LogP contribution in [0.5, 0.6) is 0 Å². The maximum atomic E-state index is 11.8. The van der Waals surface area contributed by atoms with E-state index >= 15 is 0 Å². The lowest BCUT2D eigenvalue weighted by atomic mass is 9.94. The molecule has 0 spiro atoms. The molecule has 0 radical (unpaired) electrons. The number of likely N-dealkylation sites (N-methyl/N-ethyl adjacent to an activating group) is 1. The second-order valence-corrected chi connectivity index (χ2v) is 10.1. The summed E-state index contributed by atoms with van der Waals surface area (Å²) >= 11 is 0. The van der Waals surface area contributed by atoms with Crippen LogP contribution in [0, 0.1) is 12.8 Å². The summed E-state index contributed by atoms with van der Waals surface area (Å²) in [6.07, 6.45) is 4.51. The Kier molecular flexibility index (Phi) is 6.70. The van der Waals surface area contributed by atoms with E-state index in [0.29, 0.717) is 13.2 Å². The first-order valence-corrected chi connectivity index (χ1v) is 12.5. The number of nitrogens with zero attached hydrogens (tertiary/aromatic N) is 2. The van der Waals surface area contributed by atoms with E-state index in [0.717, 1.165) is 73.7 Å². The SMILES string of the molecule is Cc1c(CCN2CCC(CN(C)CCc3ccc4c(c3)COC4=O)CC2)ccc2c1COC2=O. The number of carbonyl (C=O) groups excluding carboxylic acids is 2. The van der Waals surface area contributed by atoms with Gasteiger partial charge in [-0.1, -0.05) is 18.2 Å². The Hall–Kier alpha value is -2.70. The third-order valence-electron chi connectivity index (χ3n) is 7.78. The van der Waals surface area contributed by atoms with Gasteiger partial charge in [-0.2, -0.15) is 0 Å². The van der Waals surface area contributed by atoms with Gasteiger partial charge in [0.1, 0.15) is 13.2 Å². The maximum absolute atomic E-state index is 11.8. The first-order valence-electron chi connectivity index (χ1n) is 12.5. The van der Waals surface area contributed by atoms with Gasteiger partial charge in [-0.25, -0.2) is 9.59 Å². The number of esters is 2. The summed E-state index contributed by atoms with van der Waals surface area (Å²) in [4.78, 5) is 28.4. The molecule has 0 aromatic heterocycles. The molecule has 0 N–H and O–H groups in total. The van der Waals surface area contributed by atoms with E-state index in [1.807, 2.05) is 12.1 Å². The number of ether oxygens (including phenoxy) is 2. The highest BCUT2D eigenvalue weighted by Gasteiger charge is 2.25. The lowest BCUT2D eigenvalue weighted by Crippen LogP contribution is -2.39. The molecular formula is C28H34N2O4. The van der Waals surface area contributed by atoms with E-state index in [-0.39, 0.29) is 11.9 Å². The smallest absolute Gasteiger partial charge is 0.338 e. The van der Waals surface area contributed by atoms with Gasteiger partial charge < -0.3 is 19.3 Å². The topological polar surface area (TPSA) is 59.1 Å². The van der Waals surface area contributed by atoms with Crippen molar-refractivity contribution >= 4 is 11.9 Å². The molecule has 1 saturated heterocycles. The first-order chi connectivity index (χ1) is 16.5. The molecule has 2 aromatic rings. The minimum atomic E-state index is -0.196. The Morgan fingerprint density at radius 3 is 2.53 bits per heavy atom. The Morgan fingerprint density at radius 1 is 0.971 bits per heavy atom. The number of hydrogen-bond donors (Lipinski definition) is 0. The maximum Gasteiger partial charge on any atom is 0.338 e. The number of carbonyl (C=O) groups is 2. The summed E-state index contributed by atoms with van der Waals surface area (Å²) in [5, 5.41) is 0. The van der Waals surface area contributed by atoms with Crippen molar-refractivity contribution in [2.45, 2.75) is 45.8 Å². The Balaban J connectivity index is 1.04. The van der Waals surface area contributed by atoms with Gasteiger partial charge in [0.2, 0.25) is 0 Å². The molecule has 5 rings (SSSR count). The fraction of sp³-hybridized carbons (Fsp3) is 0.500. The van der Waals surface area contributed by atoms with Crippen molar-refractivity contribution in [3.05, 3.63) is 69.3 Å². The zero-order valence-electron chi connectivity index (χ0n) is 20.3. The lowest BCUT2D eigenvalue weighted by molar-refractivity contribution is 0.0526. The molecule has 6 heteroatoms. The van der Waals surface area contributed by atoms with Gasteiger partial charge >= 0.3 is 11.9 Å². The van der Waals surface area contributed by atoms with Gasteiger partial charge in [-0.3, -0.25) is 0 Å². The molecule has 0 saturated carbocycles. The Labute approximate surface area is 201 Å². The van der Waals surface area contributed by atoms with Crippen LogP contribution in [0.1, 0.15) is 61.4 Å². The van der Waals surface area contributed by atoms with Crippen molar-refractivity contribution in [3.8, 4) is 0 Å². The summed E-state index contributed by atoms with van der Waals surface area (Å²) in [5.74, 6) is 0.366. The predicted octanol–water partition coefficient (Wildman–Crippen LogP) is 3.76. The van der Waals surface area contributed by atoms with Crippen molar-refractivity contribution < 1.29 is 19.1 Å². The van der Waals surface area contributed by atoms with Crippen LogP contribution in [-0.4, -0.2) is 61.5 Å². The Bertz CT molecular complexity index is 1090. The molecule has 3 heterocycles. The van der Waals surface area contributed by atoms with E-state index in [4.69, 9.17) is 9.47 Å². The third-order valence-corrected chi connectivity index (χ3v) is 7.78. The molecular weight excluding hydrogens is 428 g/mol. The van der Waals surface area contributed by atoms with Gasteiger partial charge in [0.15, 0.2) is 0 Å². The largest absolute Gasteiger partial charge is 0.457 e. The standard InChI is InChI=1S/C28H34N2O4/c1-19-22(4-6-25-26(19)18-34-28(25)32)10-14-30-12-8-21(9-13-30)16-29(2)11-7-20-3-5-24-23(15-20)17-33-27(24)31/h3-6,15,21H,7-14,16-18H2,1-2H3. The van der Waals surface area contributed by atoms with Crippen LogP contribution in [0.25, 0.3) is 0 Å². The average Bonchev–Trinajstić information content (AvgIpc) is 3.41. The van der Waals surface area contributed by atoms with E-state index in [9.17, 15) is 9.59 Å². The van der Waals surface area contributed by atoms with Gasteiger partial charge in [0.05, 0.1) is 11.1 Å². The van der Waals surface area contributed by atoms with Crippen LogP contribution >= 0.6 is 0 Å². The van der Waals surface area contributed by atoms with E-state index in [2.05, 4.69) is 42.0 Å². The molecule has 34 heavy (non-hydrogen) atoms. The van der Waals surface area contributed by atoms with Gasteiger partial charge in [0.25, 0.3) is 0 Å². The molecule has 0 atom stereocenters. The first kappa shape index (κ1) is 23.1. The molecule has 3 aliphatic heterocycles. The van der Waals surface area contributed by atoms with E-state index in [1.54, 1.807) is 0 Å². The summed E-state index contributed by atoms with van der Waals surface area (Å²) in [5.41, 5.74) is 7.39. The second kappa shape index (κ2) is 9.88. The van der Waals surface area contributed by atoms with Crippen molar-refractivity contribution in [3.63, 3.8) is 0 Å². The molecule has 2 aromatic carbocycles. The van der Waals surface area contributed by atoms with Crippen LogP contribution < -0.4 is 0 Å². The minimum absolute atomic E-state index is 0.185. The number of benzene rings is 2. The van der Waals surface area contributed by atoms with Crippen LogP contribution in [0.15, 0.2) is 30.3 Å². The molecule has 0 aliphatic carbocycles. The summed E-state index contributed by atoms with van der Waals surface area (Å²) < 4.78 is 10.3. The van der Waals surface area contributed by atoms with Crippen molar-refractivity contribution in [2.24, 2.45) is 5.92 Å². The summed E-state index contributed by atoms with van der Waals surface area (Å²) in [7, 11) is 2.22. The average molecular weight is 463 g/mol. The van der Waals surface area contributed by atoms with Gasteiger partial charge in [0, 0.05) is 30.8 Å². The molecule has 180 valence electrons. The Morgan fingerprint density at radius 2 is 1.71 bits per heavy atom. The third kappa shape index (κ3) is 4.89. The number of likely N-dealkylation sites (tertiary alicyclic amines) is 1. The number of rotatable bonds is 8. The fourth-order valence-corrected chi connectivity index (χ4v) is 5.53. The zero-order valence-corrected chi connectivity index (χ0v) is 20.3.